The second-order valence-corrected chi connectivity index (χ2v) is 9.23. The van der Waals surface area contributed by atoms with Crippen LogP contribution in [0.2, 0.25) is 0 Å². The number of piperidine rings is 1. The fraction of sp³-hybridized carbons (Fsp3) is 0.900. The molecule has 1 unspecified atom stereocenters. The summed E-state index contributed by atoms with van der Waals surface area (Å²) >= 11 is 0. The van der Waals surface area contributed by atoms with E-state index < -0.39 is 5.60 Å². The Bertz CT molecular complexity index is 532. The van der Waals surface area contributed by atoms with Crippen molar-refractivity contribution < 1.29 is 14.3 Å². The molecule has 0 aromatic carbocycles. The highest BCUT2D eigenvalue weighted by Crippen LogP contribution is 2.47. The van der Waals surface area contributed by atoms with E-state index in [0.717, 1.165) is 32.1 Å². The fourth-order valence-electron chi connectivity index (χ4n) is 4.67. The molecule has 2 saturated heterocycles. The van der Waals surface area contributed by atoms with Crippen molar-refractivity contribution in [2.24, 2.45) is 5.41 Å². The zero-order valence-electron chi connectivity index (χ0n) is 16.0. The maximum Gasteiger partial charge on any atom is 0.410 e. The van der Waals surface area contributed by atoms with E-state index in [1.165, 1.54) is 25.7 Å². The third-order valence-electron chi connectivity index (χ3n) is 6.08. The highest BCUT2D eigenvalue weighted by molar-refractivity contribution is 5.68. The van der Waals surface area contributed by atoms with Gasteiger partial charge in [0.2, 0.25) is 0 Å². The molecule has 0 N–H and O–H groups in total. The summed E-state index contributed by atoms with van der Waals surface area (Å²) in [6, 6.07) is 2.57. The summed E-state index contributed by atoms with van der Waals surface area (Å²) in [4.78, 5) is 14.0. The maximum atomic E-state index is 12.2. The number of hydrogen-bond donors (Lipinski definition) is 0. The first-order chi connectivity index (χ1) is 11.7. The molecule has 0 aromatic heterocycles. The largest absolute Gasteiger partial charge is 0.444 e. The van der Waals surface area contributed by atoms with Gasteiger partial charge in [-0.2, -0.15) is 5.26 Å². The van der Waals surface area contributed by atoms with Gasteiger partial charge in [0.05, 0.1) is 23.2 Å². The minimum atomic E-state index is -0.478. The molecule has 25 heavy (non-hydrogen) atoms. The first kappa shape index (κ1) is 18.5. The number of nitrogens with zero attached hydrogens (tertiary/aromatic N) is 2. The first-order valence-corrected chi connectivity index (χ1v) is 9.82. The minimum absolute atomic E-state index is 0.124. The van der Waals surface area contributed by atoms with E-state index in [9.17, 15) is 10.1 Å². The number of nitriles is 1. The third-order valence-corrected chi connectivity index (χ3v) is 6.08. The lowest BCUT2D eigenvalue weighted by Gasteiger charge is -2.39. The molecule has 5 nitrogen and oxygen atoms in total. The van der Waals surface area contributed by atoms with E-state index in [2.05, 4.69) is 6.07 Å². The number of hydrogen-bond acceptors (Lipinski definition) is 4. The molecule has 1 aliphatic carbocycles. The van der Waals surface area contributed by atoms with Crippen LogP contribution in [-0.2, 0) is 9.47 Å². The summed E-state index contributed by atoms with van der Waals surface area (Å²) in [5, 5.41) is 9.83. The molecule has 1 spiro atoms. The summed E-state index contributed by atoms with van der Waals surface area (Å²) < 4.78 is 11.9. The summed E-state index contributed by atoms with van der Waals surface area (Å²) in [5.41, 5.74) is -0.708. The predicted molar refractivity (Wildman–Crippen MR) is 95.0 cm³/mol. The van der Waals surface area contributed by atoms with E-state index in [4.69, 9.17) is 9.47 Å². The van der Waals surface area contributed by atoms with Gasteiger partial charge in [0.15, 0.2) is 0 Å². The standard InChI is InChI=1S/C20H32N2O3/c1-18(2,3)25-17(23)22-12-10-19(15-21,11-13-22)14-16-6-9-20(24-16)7-4-5-8-20/h16H,4-14H2,1-3H3. The van der Waals surface area contributed by atoms with Crippen molar-refractivity contribution in [3.63, 3.8) is 0 Å². The van der Waals surface area contributed by atoms with Gasteiger partial charge in [-0.1, -0.05) is 12.8 Å². The van der Waals surface area contributed by atoms with Crippen molar-refractivity contribution in [3.05, 3.63) is 0 Å². The summed E-state index contributed by atoms with van der Waals surface area (Å²) in [6.45, 7) is 6.83. The van der Waals surface area contributed by atoms with Gasteiger partial charge in [-0.25, -0.2) is 4.79 Å². The van der Waals surface area contributed by atoms with Gasteiger partial charge < -0.3 is 14.4 Å². The van der Waals surface area contributed by atoms with Gasteiger partial charge in [-0.3, -0.25) is 0 Å². The molecule has 1 amide bonds. The quantitative estimate of drug-likeness (QED) is 0.741. The van der Waals surface area contributed by atoms with E-state index in [-0.39, 0.29) is 23.2 Å². The van der Waals surface area contributed by atoms with Crippen molar-refractivity contribution in [2.45, 2.75) is 95.9 Å². The SMILES string of the molecule is CC(C)(C)OC(=O)N1CCC(C#N)(CC2CCC3(CCCC3)O2)CC1. The molecule has 0 aromatic rings. The molecule has 2 aliphatic heterocycles. The Hall–Kier alpha value is -1.28. The molecule has 2 heterocycles. The summed E-state index contributed by atoms with van der Waals surface area (Å²) in [7, 11) is 0. The zero-order valence-corrected chi connectivity index (χ0v) is 16.0. The van der Waals surface area contributed by atoms with Crippen molar-refractivity contribution in [3.8, 4) is 6.07 Å². The molecule has 3 aliphatic rings. The van der Waals surface area contributed by atoms with Crippen LogP contribution in [0, 0.1) is 16.7 Å². The van der Waals surface area contributed by atoms with Crippen LogP contribution in [0.1, 0.15) is 78.6 Å². The van der Waals surface area contributed by atoms with E-state index >= 15 is 0 Å². The van der Waals surface area contributed by atoms with Gasteiger partial charge >= 0.3 is 6.09 Å². The number of carbonyl (C=O) groups is 1. The van der Waals surface area contributed by atoms with Crippen LogP contribution in [0.15, 0.2) is 0 Å². The van der Waals surface area contributed by atoms with Crippen LogP contribution in [0.5, 0.6) is 0 Å². The molecule has 3 fully saturated rings. The van der Waals surface area contributed by atoms with Gasteiger partial charge in [-0.05, 0) is 65.7 Å². The minimum Gasteiger partial charge on any atom is -0.444 e. The first-order valence-electron chi connectivity index (χ1n) is 9.82. The molecular weight excluding hydrogens is 316 g/mol. The van der Waals surface area contributed by atoms with Gasteiger partial charge in [0.25, 0.3) is 0 Å². The van der Waals surface area contributed by atoms with E-state index in [1.807, 2.05) is 20.8 Å². The average Bonchev–Trinajstić information content (AvgIpc) is 3.16. The van der Waals surface area contributed by atoms with E-state index in [0.29, 0.717) is 13.1 Å². The lowest BCUT2D eigenvalue weighted by atomic mass is 9.75. The lowest BCUT2D eigenvalue weighted by Crippen LogP contribution is -2.45. The average molecular weight is 348 g/mol. The Labute approximate surface area is 151 Å². The van der Waals surface area contributed by atoms with Crippen LogP contribution in [-0.4, -0.2) is 41.4 Å². The number of likely N-dealkylation sites (tertiary alicyclic amines) is 1. The Morgan fingerprint density at radius 2 is 1.84 bits per heavy atom. The van der Waals surface area contributed by atoms with Crippen LogP contribution >= 0.6 is 0 Å². The van der Waals surface area contributed by atoms with E-state index in [1.54, 1.807) is 4.90 Å². The smallest absolute Gasteiger partial charge is 0.410 e. The Kier molecular flexibility index (Phi) is 5.03. The second kappa shape index (κ2) is 6.79. The number of ether oxygens (including phenoxy) is 2. The van der Waals surface area contributed by atoms with Crippen molar-refractivity contribution in [2.75, 3.05) is 13.1 Å². The Morgan fingerprint density at radius 3 is 2.40 bits per heavy atom. The van der Waals surface area contributed by atoms with Crippen LogP contribution in [0.3, 0.4) is 0 Å². The summed E-state index contributed by atoms with van der Waals surface area (Å²) in [5.74, 6) is 0. The molecule has 5 heteroatoms. The molecule has 140 valence electrons. The number of amides is 1. The van der Waals surface area contributed by atoms with Gasteiger partial charge in [-0.15, -0.1) is 0 Å². The van der Waals surface area contributed by atoms with Crippen LogP contribution in [0.4, 0.5) is 4.79 Å². The monoisotopic (exact) mass is 348 g/mol. The number of rotatable bonds is 2. The molecule has 0 radical (unpaired) electrons. The Balaban J connectivity index is 1.53. The normalized spacial score (nSPS) is 28.1. The van der Waals surface area contributed by atoms with Crippen LogP contribution < -0.4 is 0 Å². The summed E-state index contributed by atoms with van der Waals surface area (Å²) in [6.07, 6.45) is 9.38. The molecule has 1 saturated carbocycles. The van der Waals surface area contributed by atoms with Crippen molar-refractivity contribution in [1.82, 2.24) is 4.90 Å². The van der Waals surface area contributed by atoms with Crippen LogP contribution in [0.25, 0.3) is 0 Å². The lowest BCUT2D eigenvalue weighted by molar-refractivity contribution is -0.0539. The van der Waals surface area contributed by atoms with Crippen molar-refractivity contribution in [1.29, 1.82) is 5.26 Å². The third kappa shape index (κ3) is 4.28. The van der Waals surface area contributed by atoms with Gasteiger partial charge in [0.1, 0.15) is 5.60 Å². The highest BCUT2D eigenvalue weighted by atomic mass is 16.6. The molecule has 3 rings (SSSR count). The Morgan fingerprint density at radius 1 is 1.20 bits per heavy atom. The second-order valence-electron chi connectivity index (χ2n) is 9.23. The topological polar surface area (TPSA) is 62.6 Å². The molecule has 1 atom stereocenters. The molecular formula is C20H32N2O3. The van der Waals surface area contributed by atoms with Crippen molar-refractivity contribution >= 4 is 6.09 Å². The maximum absolute atomic E-state index is 12.2. The highest BCUT2D eigenvalue weighted by Gasteiger charge is 2.46. The number of carbonyl (C=O) groups excluding carboxylic acids is 1. The van der Waals surface area contributed by atoms with Gasteiger partial charge in [0, 0.05) is 13.1 Å². The zero-order chi connectivity index (χ0) is 18.1. The molecule has 0 bridgehead atoms. The predicted octanol–water partition coefficient (Wildman–Crippen LogP) is 4.41. The fourth-order valence-corrected chi connectivity index (χ4v) is 4.67.